The molecule has 0 N–H and O–H groups in total. The number of carbonyl (C=O) groups excluding carboxylic acids is 1. The highest BCUT2D eigenvalue weighted by molar-refractivity contribution is 5.86. The number of rotatable bonds is 1. The van der Waals surface area contributed by atoms with Crippen LogP contribution in [0.2, 0.25) is 0 Å². The van der Waals surface area contributed by atoms with Gasteiger partial charge < -0.3 is 0 Å². The Labute approximate surface area is 97.9 Å². The second kappa shape index (κ2) is 4.82. The molecule has 0 amide bonds. The minimum absolute atomic E-state index is 0.170. The maximum absolute atomic E-state index is 12.1. The van der Waals surface area contributed by atoms with E-state index in [-0.39, 0.29) is 5.92 Å². The first-order chi connectivity index (χ1) is 7.68. The quantitative estimate of drug-likeness (QED) is 0.650. The summed E-state index contributed by atoms with van der Waals surface area (Å²) in [5.41, 5.74) is 3.82. The molecule has 1 aromatic rings. The normalized spacial score (nSPS) is 21.9. The van der Waals surface area contributed by atoms with Crippen molar-refractivity contribution in [2.45, 2.75) is 51.9 Å². The van der Waals surface area contributed by atoms with Gasteiger partial charge in [0.15, 0.2) is 0 Å². The molecular weight excluding hydrogens is 196 g/mol. The molecule has 1 fully saturated rings. The maximum atomic E-state index is 12.1. The summed E-state index contributed by atoms with van der Waals surface area (Å²) in [6.45, 7) is 4.23. The molecule has 1 unspecified atom stereocenters. The van der Waals surface area contributed by atoms with Crippen LogP contribution in [-0.4, -0.2) is 5.78 Å². The van der Waals surface area contributed by atoms with Crippen LogP contribution < -0.4 is 0 Å². The lowest BCUT2D eigenvalue weighted by Gasteiger charge is -2.16. The van der Waals surface area contributed by atoms with Crippen molar-refractivity contribution in [2.75, 3.05) is 0 Å². The number of Topliss-reactive ketones (excluding diaryl/α,β-unsaturated/α-hetero) is 1. The van der Waals surface area contributed by atoms with Crippen LogP contribution in [0.25, 0.3) is 0 Å². The number of carbonyl (C=O) groups is 1. The molecular formula is C15H20O. The predicted molar refractivity (Wildman–Crippen MR) is 66.7 cm³/mol. The first-order valence-electron chi connectivity index (χ1n) is 6.28. The van der Waals surface area contributed by atoms with Gasteiger partial charge in [-0.15, -0.1) is 0 Å². The summed E-state index contributed by atoms with van der Waals surface area (Å²) in [6.07, 6.45) is 5.32. The van der Waals surface area contributed by atoms with Gasteiger partial charge in [-0.3, -0.25) is 4.79 Å². The van der Waals surface area contributed by atoms with Crippen LogP contribution in [0.4, 0.5) is 0 Å². The molecule has 1 atom stereocenters. The number of benzene rings is 1. The standard InChI is InChI=1S/C15H20O/c1-11-8-9-13(12(2)10-11)14-6-4-3-5-7-15(14)16/h8-10,14H,3-7H2,1-2H3. The van der Waals surface area contributed by atoms with E-state index >= 15 is 0 Å². The van der Waals surface area contributed by atoms with E-state index in [4.69, 9.17) is 0 Å². The van der Waals surface area contributed by atoms with Gasteiger partial charge >= 0.3 is 0 Å². The highest BCUT2D eigenvalue weighted by atomic mass is 16.1. The Kier molecular flexibility index (Phi) is 3.42. The van der Waals surface area contributed by atoms with E-state index in [2.05, 4.69) is 32.0 Å². The fraction of sp³-hybridized carbons (Fsp3) is 0.533. The van der Waals surface area contributed by atoms with Crippen molar-refractivity contribution in [3.05, 3.63) is 34.9 Å². The zero-order valence-electron chi connectivity index (χ0n) is 10.3. The van der Waals surface area contributed by atoms with E-state index < -0.39 is 0 Å². The van der Waals surface area contributed by atoms with Gasteiger partial charge in [-0.05, 0) is 37.8 Å². The van der Waals surface area contributed by atoms with E-state index in [0.29, 0.717) is 5.78 Å². The van der Waals surface area contributed by atoms with Crippen LogP contribution in [0.3, 0.4) is 0 Å². The van der Waals surface area contributed by atoms with Crippen molar-refractivity contribution in [2.24, 2.45) is 0 Å². The van der Waals surface area contributed by atoms with Crippen LogP contribution in [0.1, 0.15) is 54.7 Å². The van der Waals surface area contributed by atoms with E-state index in [1.165, 1.54) is 29.5 Å². The zero-order valence-corrected chi connectivity index (χ0v) is 10.3. The summed E-state index contributed by atoms with van der Waals surface area (Å²) in [5, 5.41) is 0. The summed E-state index contributed by atoms with van der Waals surface area (Å²) in [4.78, 5) is 12.1. The summed E-state index contributed by atoms with van der Waals surface area (Å²) in [5.74, 6) is 0.618. The molecule has 0 radical (unpaired) electrons. The van der Waals surface area contributed by atoms with Gasteiger partial charge in [0.05, 0.1) is 0 Å². The number of hydrogen-bond donors (Lipinski definition) is 0. The Hall–Kier alpha value is -1.11. The minimum Gasteiger partial charge on any atom is -0.299 e. The molecule has 0 saturated heterocycles. The van der Waals surface area contributed by atoms with Crippen LogP contribution >= 0.6 is 0 Å². The van der Waals surface area contributed by atoms with Crippen LogP contribution in [-0.2, 0) is 4.79 Å². The number of aryl methyl sites for hydroxylation is 2. The van der Waals surface area contributed by atoms with Crippen LogP contribution in [0, 0.1) is 13.8 Å². The Morgan fingerprint density at radius 2 is 1.94 bits per heavy atom. The highest BCUT2D eigenvalue weighted by Gasteiger charge is 2.23. The molecule has 0 bridgehead atoms. The second-order valence-corrected chi connectivity index (χ2v) is 4.98. The first kappa shape index (κ1) is 11.4. The third kappa shape index (κ3) is 2.34. The molecule has 1 nitrogen and oxygen atoms in total. The molecule has 1 saturated carbocycles. The van der Waals surface area contributed by atoms with Crippen molar-refractivity contribution in [1.82, 2.24) is 0 Å². The molecule has 86 valence electrons. The minimum atomic E-state index is 0.170. The largest absolute Gasteiger partial charge is 0.299 e. The lowest BCUT2D eigenvalue weighted by molar-refractivity contribution is -0.120. The maximum Gasteiger partial charge on any atom is 0.140 e. The molecule has 1 aliphatic carbocycles. The Morgan fingerprint density at radius 3 is 2.69 bits per heavy atom. The molecule has 1 aromatic carbocycles. The fourth-order valence-electron chi connectivity index (χ4n) is 2.71. The molecule has 0 aliphatic heterocycles. The van der Waals surface area contributed by atoms with Gasteiger partial charge in [0.25, 0.3) is 0 Å². The molecule has 0 heterocycles. The lowest BCUT2D eigenvalue weighted by Crippen LogP contribution is -2.11. The highest BCUT2D eigenvalue weighted by Crippen LogP contribution is 2.31. The summed E-state index contributed by atoms with van der Waals surface area (Å²) in [7, 11) is 0. The summed E-state index contributed by atoms with van der Waals surface area (Å²) >= 11 is 0. The van der Waals surface area contributed by atoms with Crippen molar-refractivity contribution in [3.63, 3.8) is 0 Å². The van der Waals surface area contributed by atoms with E-state index in [0.717, 1.165) is 19.3 Å². The third-order valence-electron chi connectivity index (χ3n) is 3.61. The predicted octanol–water partition coefficient (Wildman–Crippen LogP) is 3.92. The molecule has 1 heteroatoms. The Balaban J connectivity index is 2.30. The van der Waals surface area contributed by atoms with Crippen LogP contribution in [0.15, 0.2) is 18.2 Å². The van der Waals surface area contributed by atoms with Gasteiger partial charge in [0.2, 0.25) is 0 Å². The van der Waals surface area contributed by atoms with Crippen LogP contribution in [0.5, 0.6) is 0 Å². The first-order valence-corrected chi connectivity index (χ1v) is 6.28. The monoisotopic (exact) mass is 216 g/mol. The number of hydrogen-bond acceptors (Lipinski definition) is 1. The molecule has 16 heavy (non-hydrogen) atoms. The average Bonchev–Trinajstić information content (AvgIpc) is 2.44. The molecule has 1 aliphatic rings. The lowest BCUT2D eigenvalue weighted by atomic mass is 9.87. The van der Waals surface area contributed by atoms with E-state index in [1.54, 1.807) is 0 Å². The van der Waals surface area contributed by atoms with E-state index in [1.807, 2.05) is 0 Å². The van der Waals surface area contributed by atoms with Gasteiger partial charge in [-0.1, -0.05) is 36.6 Å². The SMILES string of the molecule is Cc1ccc(C2CCCCCC2=O)c(C)c1. The Bertz CT molecular complexity index is 392. The number of ketones is 1. The molecule has 0 spiro atoms. The Morgan fingerprint density at radius 1 is 1.12 bits per heavy atom. The van der Waals surface area contributed by atoms with Gasteiger partial charge in [-0.25, -0.2) is 0 Å². The second-order valence-electron chi connectivity index (χ2n) is 4.98. The molecule has 0 aromatic heterocycles. The third-order valence-corrected chi connectivity index (χ3v) is 3.61. The van der Waals surface area contributed by atoms with E-state index in [9.17, 15) is 4.79 Å². The summed E-state index contributed by atoms with van der Waals surface area (Å²) < 4.78 is 0. The zero-order chi connectivity index (χ0) is 11.5. The van der Waals surface area contributed by atoms with Gasteiger partial charge in [0, 0.05) is 12.3 Å². The van der Waals surface area contributed by atoms with Crippen molar-refractivity contribution < 1.29 is 4.79 Å². The summed E-state index contributed by atoms with van der Waals surface area (Å²) in [6, 6.07) is 6.46. The smallest absolute Gasteiger partial charge is 0.140 e. The topological polar surface area (TPSA) is 17.1 Å². The van der Waals surface area contributed by atoms with Crippen molar-refractivity contribution in [1.29, 1.82) is 0 Å². The molecule has 2 rings (SSSR count). The van der Waals surface area contributed by atoms with Gasteiger partial charge in [0.1, 0.15) is 5.78 Å². The average molecular weight is 216 g/mol. The van der Waals surface area contributed by atoms with Crippen molar-refractivity contribution >= 4 is 5.78 Å². The van der Waals surface area contributed by atoms with Crippen molar-refractivity contribution in [3.8, 4) is 0 Å². The van der Waals surface area contributed by atoms with Gasteiger partial charge in [-0.2, -0.15) is 0 Å². The fourth-order valence-corrected chi connectivity index (χ4v) is 2.71.